The summed E-state index contributed by atoms with van der Waals surface area (Å²) in [5, 5.41) is 3.22. The van der Waals surface area contributed by atoms with Crippen molar-refractivity contribution in [1.82, 2.24) is 5.32 Å². The van der Waals surface area contributed by atoms with Gasteiger partial charge in [-0.25, -0.2) is 0 Å². The van der Waals surface area contributed by atoms with E-state index in [0.717, 1.165) is 12.1 Å². The van der Waals surface area contributed by atoms with E-state index in [4.69, 9.17) is 28.9 Å². The number of alkyl halides is 3. The van der Waals surface area contributed by atoms with Crippen LogP contribution in [0.5, 0.6) is 0 Å². The lowest BCUT2D eigenvalue weighted by Crippen LogP contribution is -2.46. The SMILES string of the molecule is NC(=O)[C@H](Cc1ccc(Cl)cc1Cl)NC(=O)Cc1ccc(C(F)(F)F)cc1. The molecule has 2 amide bonds. The van der Waals surface area contributed by atoms with E-state index in [2.05, 4.69) is 5.32 Å². The molecule has 0 unspecified atom stereocenters. The van der Waals surface area contributed by atoms with Crippen molar-refractivity contribution in [3.63, 3.8) is 0 Å². The van der Waals surface area contributed by atoms with Crippen LogP contribution in [0.4, 0.5) is 13.2 Å². The molecule has 1 atom stereocenters. The summed E-state index contributed by atoms with van der Waals surface area (Å²) in [6.45, 7) is 0. The molecule has 0 saturated heterocycles. The molecule has 0 aromatic heterocycles. The summed E-state index contributed by atoms with van der Waals surface area (Å²) >= 11 is 11.9. The lowest BCUT2D eigenvalue weighted by Gasteiger charge is -2.16. The van der Waals surface area contributed by atoms with Crippen LogP contribution < -0.4 is 11.1 Å². The Morgan fingerprint density at radius 3 is 2.22 bits per heavy atom. The van der Waals surface area contributed by atoms with Gasteiger partial charge >= 0.3 is 6.18 Å². The van der Waals surface area contributed by atoms with Gasteiger partial charge in [0.1, 0.15) is 6.04 Å². The number of amides is 2. The highest BCUT2D eigenvalue weighted by Gasteiger charge is 2.30. The highest BCUT2D eigenvalue weighted by atomic mass is 35.5. The molecule has 0 radical (unpaired) electrons. The van der Waals surface area contributed by atoms with Crippen LogP contribution in [-0.4, -0.2) is 17.9 Å². The molecule has 0 aliphatic rings. The molecule has 0 saturated carbocycles. The van der Waals surface area contributed by atoms with Crippen LogP contribution in [0.1, 0.15) is 16.7 Å². The highest BCUT2D eigenvalue weighted by molar-refractivity contribution is 6.35. The highest BCUT2D eigenvalue weighted by Crippen LogP contribution is 2.29. The Kier molecular flexibility index (Phi) is 6.73. The smallest absolute Gasteiger partial charge is 0.368 e. The molecule has 0 bridgehead atoms. The molecule has 9 heteroatoms. The molecule has 2 rings (SSSR count). The zero-order chi connectivity index (χ0) is 20.2. The van der Waals surface area contributed by atoms with Crippen molar-refractivity contribution in [2.24, 2.45) is 5.73 Å². The van der Waals surface area contributed by atoms with Crippen LogP contribution >= 0.6 is 23.2 Å². The van der Waals surface area contributed by atoms with Gasteiger partial charge in [-0.15, -0.1) is 0 Å². The van der Waals surface area contributed by atoms with E-state index in [1.54, 1.807) is 12.1 Å². The fourth-order valence-corrected chi connectivity index (χ4v) is 2.86. The molecule has 0 spiro atoms. The number of nitrogens with one attached hydrogen (secondary N) is 1. The van der Waals surface area contributed by atoms with Crippen molar-refractivity contribution in [1.29, 1.82) is 0 Å². The average molecular weight is 419 g/mol. The van der Waals surface area contributed by atoms with Gasteiger partial charge in [-0.2, -0.15) is 13.2 Å². The number of rotatable bonds is 6. The molecule has 4 nitrogen and oxygen atoms in total. The van der Waals surface area contributed by atoms with Gasteiger partial charge in [0.2, 0.25) is 11.8 Å². The fraction of sp³-hybridized carbons (Fsp3) is 0.222. The maximum atomic E-state index is 12.6. The van der Waals surface area contributed by atoms with E-state index < -0.39 is 29.6 Å². The van der Waals surface area contributed by atoms with Crippen molar-refractivity contribution in [3.05, 3.63) is 69.2 Å². The number of carbonyl (C=O) groups excluding carboxylic acids is 2. The summed E-state index contributed by atoms with van der Waals surface area (Å²) in [6, 6.07) is 7.87. The first-order valence-corrected chi connectivity index (χ1v) is 8.50. The minimum Gasteiger partial charge on any atom is -0.368 e. The Balaban J connectivity index is 2.03. The van der Waals surface area contributed by atoms with Gasteiger partial charge in [0.25, 0.3) is 0 Å². The monoisotopic (exact) mass is 418 g/mol. The minimum absolute atomic E-state index is 0.0596. The third kappa shape index (κ3) is 6.15. The van der Waals surface area contributed by atoms with E-state index in [0.29, 0.717) is 21.2 Å². The topological polar surface area (TPSA) is 72.2 Å². The number of primary amides is 1. The summed E-state index contributed by atoms with van der Waals surface area (Å²) in [5.74, 6) is -1.31. The maximum absolute atomic E-state index is 12.6. The molecule has 27 heavy (non-hydrogen) atoms. The van der Waals surface area contributed by atoms with Gasteiger partial charge in [-0.3, -0.25) is 9.59 Å². The van der Waals surface area contributed by atoms with Crippen LogP contribution in [0, 0.1) is 0 Å². The standard InChI is InChI=1S/C18H15Cl2F3N2O2/c19-13-6-3-11(14(20)9-13)8-15(17(24)27)25-16(26)7-10-1-4-12(5-2-10)18(21,22)23/h1-6,9,15H,7-8H2,(H2,24,27)(H,25,26)/t15-/m0/s1. The minimum atomic E-state index is -4.45. The van der Waals surface area contributed by atoms with E-state index in [-0.39, 0.29) is 12.8 Å². The van der Waals surface area contributed by atoms with Crippen LogP contribution in [0.15, 0.2) is 42.5 Å². The molecule has 3 N–H and O–H groups in total. The predicted molar refractivity (Wildman–Crippen MR) is 96.4 cm³/mol. The maximum Gasteiger partial charge on any atom is 0.416 e. The quantitative estimate of drug-likeness (QED) is 0.749. The van der Waals surface area contributed by atoms with Gasteiger partial charge in [-0.1, -0.05) is 41.4 Å². The van der Waals surface area contributed by atoms with Crippen molar-refractivity contribution in [3.8, 4) is 0 Å². The van der Waals surface area contributed by atoms with Crippen molar-refractivity contribution in [2.75, 3.05) is 0 Å². The summed E-state index contributed by atoms with van der Waals surface area (Å²) in [4.78, 5) is 23.8. The summed E-state index contributed by atoms with van der Waals surface area (Å²) in [7, 11) is 0. The van der Waals surface area contributed by atoms with E-state index in [1.165, 1.54) is 18.2 Å². The fourth-order valence-electron chi connectivity index (χ4n) is 2.37. The molecule has 2 aromatic carbocycles. The average Bonchev–Trinajstić information content (AvgIpc) is 2.56. The number of nitrogens with two attached hydrogens (primary N) is 1. The summed E-state index contributed by atoms with van der Waals surface area (Å²) in [5.41, 5.74) is 5.46. The van der Waals surface area contributed by atoms with E-state index in [1.807, 2.05) is 0 Å². The van der Waals surface area contributed by atoms with Crippen molar-refractivity contribution >= 4 is 35.0 Å². The van der Waals surface area contributed by atoms with Crippen LogP contribution in [0.3, 0.4) is 0 Å². The first-order valence-electron chi connectivity index (χ1n) is 7.75. The van der Waals surface area contributed by atoms with Crippen molar-refractivity contribution < 1.29 is 22.8 Å². The third-order valence-corrected chi connectivity index (χ3v) is 4.35. The third-order valence-electron chi connectivity index (χ3n) is 3.76. The largest absolute Gasteiger partial charge is 0.416 e. The van der Waals surface area contributed by atoms with Crippen LogP contribution in [0.25, 0.3) is 0 Å². The molecule has 0 aliphatic carbocycles. The molecule has 0 fully saturated rings. The lowest BCUT2D eigenvalue weighted by molar-refractivity contribution is -0.137. The second-order valence-electron chi connectivity index (χ2n) is 5.83. The zero-order valence-electron chi connectivity index (χ0n) is 13.8. The molecule has 2 aromatic rings. The summed E-state index contributed by atoms with van der Waals surface area (Å²) in [6.07, 6.45) is -4.59. The first kappa shape index (κ1) is 21.1. The van der Waals surface area contributed by atoms with Gasteiger partial charge in [0.05, 0.1) is 12.0 Å². The Morgan fingerprint density at radius 2 is 1.70 bits per heavy atom. The Hall–Kier alpha value is -2.25. The van der Waals surface area contributed by atoms with Gasteiger partial charge < -0.3 is 11.1 Å². The van der Waals surface area contributed by atoms with E-state index in [9.17, 15) is 22.8 Å². The van der Waals surface area contributed by atoms with Gasteiger partial charge in [0, 0.05) is 16.5 Å². The number of carbonyl (C=O) groups is 2. The first-order chi connectivity index (χ1) is 12.6. The number of hydrogen-bond donors (Lipinski definition) is 2. The number of benzene rings is 2. The normalized spacial score (nSPS) is 12.5. The number of halogens is 5. The predicted octanol–water partition coefficient (Wildman–Crippen LogP) is 3.77. The second kappa shape index (κ2) is 8.63. The molecular formula is C18H15Cl2F3N2O2. The van der Waals surface area contributed by atoms with Crippen LogP contribution in [-0.2, 0) is 28.6 Å². The van der Waals surface area contributed by atoms with Gasteiger partial charge in [-0.05, 0) is 35.4 Å². The summed E-state index contributed by atoms with van der Waals surface area (Å²) < 4.78 is 37.7. The molecule has 0 aliphatic heterocycles. The van der Waals surface area contributed by atoms with E-state index >= 15 is 0 Å². The van der Waals surface area contributed by atoms with Crippen molar-refractivity contribution in [2.45, 2.75) is 25.1 Å². The van der Waals surface area contributed by atoms with Crippen LogP contribution in [0.2, 0.25) is 10.0 Å². The lowest BCUT2D eigenvalue weighted by atomic mass is 10.0. The second-order valence-corrected chi connectivity index (χ2v) is 6.68. The zero-order valence-corrected chi connectivity index (χ0v) is 15.3. The molecule has 0 heterocycles. The Bertz CT molecular complexity index is 839. The van der Waals surface area contributed by atoms with Gasteiger partial charge in [0.15, 0.2) is 0 Å². The molecule has 144 valence electrons. The Morgan fingerprint density at radius 1 is 1.07 bits per heavy atom. The number of hydrogen-bond acceptors (Lipinski definition) is 2. The Labute approximate surface area is 163 Å². The molecular weight excluding hydrogens is 404 g/mol.